The fraction of sp³-hybridized carbons (Fsp3) is 0.520. The van der Waals surface area contributed by atoms with Gasteiger partial charge in [0.15, 0.2) is 6.10 Å². The number of carboxylic acids is 4. The molecule has 44 nitrogen and oxygen atoms in total. The summed E-state index contributed by atoms with van der Waals surface area (Å²) in [6.45, 7) is 4.10. The van der Waals surface area contributed by atoms with Gasteiger partial charge in [0.1, 0.15) is 145 Å². The first-order valence-electron chi connectivity index (χ1n) is 35.8. The number of rotatable bonds is 23. The van der Waals surface area contributed by atoms with Crippen LogP contribution in [0.2, 0.25) is 0 Å². The average Bonchev–Trinajstić information content (AvgIpc) is 0.800. The molecule has 5 fully saturated rings. The minimum atomic E-state index is -1.86. The maximum atomic E-state index is 11.7. The molecule has 0 bridgehead atoms. The third-order valence-corrected chi connectivity index (χ3v) is 18.9. The fourth-order valence-corrected chi connectivity index (χ4v) is 12.2. The molecule has 119 heavy (non-hydrogen) atoms. The second-order valence-corrected chi connectivity index (χ2v) is 27.3. The number of esters is 2. The van der Waals surface area contributed by atoms with Gasteiger partial charge in [-0.15, -0.1) is 0 Å². The van der Waals surface area contributed by atoms with Crippen molar-refractivity contribution in [2.75, 3.05) is 40.6 Å². The molecule has 5 aromatic carbocycles. The van der Waals surface area contributed by atoms with Crippen molar-refractivity contribution >= 4 is 35.8 Å². The summed E-state index contributed by atoms with van der Waals surface area (Å²) >= 11 is 0. The average molecular weight is 1700 g/mol. The van der Waals surface area contributed by atoms with Crippen LogP contribution in [0.15, 0.2) is 72.8 Å². The molecule has 25 atom stereocenters. The van der Waals surface area contributed by atoms with E-state index < -0.39 is 236 Å². The molecule has 0 radical (unpaired) electrons. The minimum Gasteiger partial charge on any atom is -0.479 e. The van der Waals surface area contributed by atoms with Crippen LogP contribution in [0.3, 0.4) is 0 Å². The van der Waals surface area contributed by atoms with Gasteiger partial charge in [0.2, 0.25) is 31.5 Å². The monoisotopic (exact) mass is 1700 g/mol. The number of carbonyl (C=O) groups is 6. The third kappa shape index (κ3) is 24.1. The van der Waals surface area contributed by atoms with E-state index in [1.54, 1.807) is 33.8 Å². The molecule has 5 heterocycles. The molecule has 662 valence electrons. The number of ether oxygens (including phenoxy) is 12. The molecule has 0 saturated carbocycles. The number of aliphatic carboxylic acids is 1. The molecule has 0 aromatic heterocycles. The molecule has 44 heteroatoms. The Hall–Kier alpha value is -9.16. The predicted molar refractivity (Wildman–Crippen MR) is 390 cm³/mol. The summed E-state index contributed by atoms with van der Waals surface area (Å²) in [5.41, 5.74) is 3.17. The van der Waals surface area contributed by atoms with Gasteiger partial charge in [-0.25, -0.2) is 28.8 Å². The summed E-state index contributed by atoms with van der Waals surface area (Å²) in [4.78, 5) is 67.2. The number of aromatic carboxylic acids is 3. The SMILES string of the molecule is COC(=O)c1cc(C)c(O[C@@H]2O[C@H](CO)[C@@H](O)[C@H](O)[C@H]2O)c(CO)c1.COC(=O)c1ccc(O[C@@H]2O[C@H](CO)[C@@H](O)[C@H](O)[C@H]2O)c(C)c1.Cc1cc(C(=O)O)cc(CO)c1O[C@@H]1O[C@H](C(=O)O)[C@@H](O)[C@H](O)[C@H]1O.Cc1cc(C(=O)O)cc(CO)c1O[C@@H]1O[C@H](CO)[C@@H](O)[C@H](O)[C@H]1O.Cc1cc(C(=O)O)ccc1O[C@@H]1O[C@H](CO)[C@@H](O)[C@H](O)[C@H]1O. The van der Waals surface area contributed by atoms with Gasteiger partial charge in [0, 0.05) is 16.7 Å². The van der Waals surface area contributed by atoms with E-state index >= 15 is 0 Å². The highest BCUT2D eigenvalue weighted by Crippen LogP contribution is 2.36. The Kier molecular flexibility index (Phi) is 36.8. The lowest BCUT2D eigenvalue weighted by Crippen LogP contribution is -2.61. The molecular formula is C75H98O44. The molecule has 5 aromatic rings. The normalized spacial score (nSPS) is 30.2. The number of aliphatic hydroxyl groups excluding tert-OH is 22. The first-order valence-corrected chi connectivity index (χ1v) is 35.8. The number of carbonyl (C=O) groups excluding carboxylic acids is 2. The van der Waals surface area contributed by atoms with Gasteiger partial charge in [-0.2, -0.15) is 0 Å². The van der Waals surface area contributed by atoms with Crippen LogP contribution in [-0.4, -0.2) is 363 Å². The lowest BCUT2D eigenvalue weighted by atomic mass is 9.98. The number of aliphatic hydroxyl groups is 22. The van der Waals surface area contributed by atoms with Crippen LogP contribution >= 0.6 is 0 Å². The number of aryl methyl sites for hydroxylation is 5. The molecule has 5 aliphatic rings. The van der Waals surface area contributed by atoms with Crippen molar-refractivity contribution in [2.24, 2.45) is 0 Å². The number of carboxylic acid groups (broad SMARTS) is 4. The van der Waals surface area contributed by atoms with Crippen LogP contribution in [0, 0.1) is 34.6 Å². The second kappa shape index (κ2) is 44.4. The molecule has 0 aliphatic carbocycles. The van der Waals surface area contributed by atoms with Crippen LogP contribution in [0.1, 0.15) is 96.3 Å². The lowest BCUT2D eigenvalue weighted by molar-refractivity contribution is -0.277. The topological polar surface area (TPSA) is 739 Å². The van der Waals surface area contributed by atoms with Gasteiger partial charge in [-0.1, -0.05) is 0 Å². The van der Waals surface area contributed by atoms with Gasteiger partial charge < -0.3 is 190 Å². The van der Waals surface area contributed by atoms with Gasteiger partial charge >= 0.3 is 35.8 Å². The summed E-state index contributed by atoms with van der Waals surface area (Å²) in [6, 6.07) is 16.5. The molecule has 5 saturated heterocycles. The van der Waals surface area contributed by atoms with Gasteiger partial charge in [0.05, 0.1) is 88.3 Å². The van der Waals surface area contributed by atoms with Crippen molar-refractivity contribution in [3.05, 3.63) is 145 Å². The van der Waals surface area contributed by atoms with E-state index in [0.29, 0.717) is 33.6 Å². The third-order valence-electron chi connectivity index (χ3n) is 18.9. The zero-order valence-electron chi connectivity index (χ0n) is 64.3. The molecule has 0 unspecified atom stereocenters. The predicted octanol–water partition coefficient (Wildman–Crippen LogP) is -6.89. The maximum absolute atomic E-state index is 11.7. The summed E-state index contributed by atoms with van der Waals surface area (Å²) in [7, 11) is 2.50. The van der Waals surface area contributed by atoms with Crippen LogP contribution in [0.5, 0.6) is 28.7 Å². The Morgan fingerprint density at radius 2 is 0.546 bits per heavy atom. The molecule has 0 amide bonds. The quantitative estimate of drug-likeness (QED) is 0.0270. The molecule has 5 aliphatic heterocycles. The minimum absolute atomic E-state index is 0.0238. The van der Waals surface area contributed by atoms with Gasteiger partial charge in [-0.05, 0) is 135 Å². The molecule has 10 rings (SSSR count). The summed E-state index contributed by atoms with van der Waals surface area (Å²) < 4.78 is 62.7. The Morgan fingerprint density at radius 1 is 0.294 bits per heavy atom. The zero-order chi connectivity index (χ0) is 89.2. The number of hydrogen-bond acceptors (Lipinski definition) is 40. The smallest absolute Gasteiger partial charge is 0.337 e. The maximum Gasteiger partial charge on any atom is 0.337 e. The van der Waals surface area contributed by atoms with E-state index in [9.17, 15) is 126 Å². The van der Waals surface area contributed by atoms with Gasteiger partial charge in [-0.3, -0.25) is 0 Å². The Labute approximate surface area is 674 Å². The molecule has 26 N–H and O–H groups in total. The van der Waals surface area contributed by atoms with Crippen molar-refractivity contribution in [3.8, 4) is 28.7 Å². The van der Waals surface area contributed by atoms with E-state index in [1.807, 2.05) is 0 Å². The number of hydrogen-bond donors (Lipinski definition) is 26. The standard InChI is InChI=1S/C16H22O9.C15H18O10.C15H20O9.C15H20O8.C14H18O8/c1-7-3-8(15(22)23-2)4-9(5-17)14(7)25-16-13(21)12(20)11(19)10(6-18)24-16;1-5-2-6(13(20)21)3-7(4-16)11(5)24-15-10(19)8(17)9(18)12(25-15)14(22)23;1-6-2-7(14(21)22)3-8(4-16)13(6)24-15-12(20)11(19)10(18)9(5-17)23-15;1-7-5-8(14(20)21-2)3-4-9(7)22-15-13(19)12(18)11(17)10(6-16)23-15;1-6-4-7(13(19)20)2-3-8(6)21-14-12(18)11(17)10(16)9(5-15)22-14/h3-4,10-13,16-21H,5-6H2,1-2H3;2-3,8-10,12,15-19H,4H2,1H3,(H,20,21)(H,22,23);2-3,9-12,15-20H,4-5H2,1H3,(H,21,22);3-5,10-13,15-19H,6H2,1-2H3;2-4,9-12,14-18H,5H2,1H3,(H,19,20)/t10-,11-,12+,13-,16+;8-,9-,10+,12-,15+;9-,10-,11+,12-,15+;10-,11-,12+,13-,15-;9-,10-,11+,12-,14-/m10111/s1. The Morgan fingerprint density at radius 3 is 0.824 bits per heavy atom. The van der Waals surface area contributed by atoms with Crippen LogP contribution in [0.25, 0.3) is 0 Å². The zero-order valence-corrected chi connectivity index (χ0v) is 64.3. The highest BCUT2D eigenvalue weighted by molar-refractivity contribution is 5.91. The molecular weight excluding hydrogens is 1600 g/mol. The summed E-state index contributed by atoms with van der Waals surface area (Å²) in [6.07, 6.45) is -37.0. The van der Waals surface area contributed by atoms with E-state index in [-0.39, 0.29) is 67.5 Å². The first-order chi connectivity index (χ1) is 56.0. The van der Waals surface area contributed by atoms with Crippen molar-refractivity contribution in [1.82, 2.24) is 0 Å². The van der Waals surface area contributed by atoms with E-state index in [0.717, 1.165) is 6.07 Å². The summed E-state index contributed by atoms with van der Waals surface area (Å²) in [5, 5.41) is 248. The summed E-state index contributed by atoms with van der Waals surface area (Å²) in [5.74, 6) is -5.32. The van der Waals surface area contributed by atoms with Crippen molar-refractivity contribution in [3.63, 3.8) is 0 Å². The largest absolute Gasteiger partial charge is 0.479 e. The lowest BCUT2D eigenvalue weighted by Gasteiger charge is -2.40. The highest BCUT2D eigenvalue weighted by atomic mass is 16.7. The van der Waals surface area contributed by atoms with E-state index in [1.165, 1.54) is 81.8 Å². The Balaban J connectivity index is 0.000000231. The van der Waals surface area contributed by atoms with Crippen LogP contribution in [0.4, 0.5) is 0 Å². The molecule has 0 spiro atoms. The van der Waals surface area contributed by atoms with Crippen molar-refractivity contribution in [1.29, 1.82) is 0 Å². The van der Waals surface area contributed by atoms with Gasteiger partial charge in [0.25, 0.3) is 0 Å². The van der Waals surface area contributed by atoms with Crippen molar-refractivity contribution in [2.45, 2.75) is 208 Å². The first kappa shape index (κ1) is 98.7. The van der Waals surface area contributed by atoms with Crippen molar-refractivity contribution < 1.29 is 218 Å². The van der Waals surface area contributed by atoms with E-state index in [4.69, 9.17) is 83.1 Å². The van der Waals surface area contributed by atoms with Crippen LogP contribution in [-0.2, 0) is 57.8 Å². The van der Waals surface area contributed by atoms with Crippen LogP contribution < -0.4 is 23.7 Å². The fourth-order valence-electron chi connectivity index (χ4n) is 12.2. The van der Waals surface area contributed by atoms with E-state index in [2.05, 4.69) is 9.47 Å². The number of methoxy groups -OCH3 is 2. The Bertz CT molecular complexity index is 4210. The number of benzene rings is 5. The highest BCUT2D eigenvalue weighted by Gasteiger charge is 2.51. The second-order valence-electron chi connectivity index (χ2n) is 27.3.